The summed E-state index contributed by atoms with van der Waals surface area (Å²) in [5.74, 6) is 0.978. The minimum Gasteiger partial charge on any atom is -0.379 e. The first-order valence-corrected chi connectivity index (χ1v) is 3.79. The molecular formula is C3H5BrN2S. The maximum Gasteiger partial charge on any atom is 0.155 e. The molecule has 1 atom stereocenters. The van der Waals surface area contributed by atoms with Crippen LogP contribution < -0.4 is 5.73 Å². The molecule has 1 rings (SSSR count). The minimum atomic E-state index is 0.262. The Morgan fingerprint density at radius 2 is 2.71 bits per heavy atom. The Hall–Kier alpha value is 0.300. The van der Waals surface area contributed by atoms with Crippen LogP contribution in [0.1, 0.15) is 0 Å². The predicted molar refractivity (Wildman–Crippen MR) is 36.8 cm³/mol. The van der Waals surface area contributed by atoms with E-state index in [1.165, 1.54) is 0 Å². The van der Waals surface area contributed by atoms with Crippen molar-refractivity contribution in [1.29, 1.82) is 0 Å². The topological polar surface area (TPSA) is 38.4 Å². The first-order valence-electron chi connectivity index (χ1n) is 1.89. The highest BCUT2D eigenvalue weighted by atomic mass is 79.9. The second-order valence-electron chi connectivity index (χ2n) is 1.21. The Morgan fingerprint density at radius 3 is 2.86 bits per heavy atom. The number of nitrogens with two attached hydrogens (primary N) is 1. The van der Waals surface area contributed by atoms with Gasteiger partial charge in [-0.05, 0) is 0 Å². The van der Waals surface area contributed by atoms with Gasteiger partial charge in [0.15, 0.2) is 5.17 Å². The molecule has 0 aromatic carbocycles. The molecule has 0 saturated heterocycles. The quantitative estimate of drug-likeness (QED) is 0.442. The van der Waals surface area contributed by atoms with E-state index in [4.69, 9.17) is 5.73 Å². The average molecular weight is 181 g/mol. The van der Waals surface area contributed by atoms with Crippen LogP contribution in [0.2, 0.25) is 0 Å². The molecule has 7 heavy (non-hydrogen) atoms. The Labute approximate surface area is 54.7 Å². The van der Waals surface area contributed by atoms with Crippen LogP contribution in [0.25, 0.3) is 0 Å². The molecule has 0 spiro atoms. The van der Waals surface area contributed by atoms with E-state index in [1.54, 1.807) is 11.8 Å². The molecule has 0 saturated carbocycles. The van der Waals surface area contributed by atoms with Crippen LogP contribution in [0.15, 0.2) is 4.99 Å². The number of amidine groups is 1. The van der Waals surface area contributed by atoms with Crippen molar-refractivity contribution in [3.05, 3.63) is 0 Å². The van der Waals surface area contributed by atoms with Crippen molar-refractivity contribution in [1.82, 2.24) is 0 Å². The largest absolute Gasteiger partial charge is 0.379 e. The van der Waals surface area contributed by atoms with Gasteiger partial charge in [-0.1, -0.05) is 27.7 Å². The van der Waals surface area contributed by atoms with Crippen molar-refractivity contribution < 1.29 is 0 Å². The van der Waals surface area contributed by atoms with Crippen LogP contribution in [0.5, 0.6) is 0 Å². The zero-order valence-electron chi connectivity index (χ0n) is 3.60. The summed E-state index contributed by atoms with van der Waals surface area (Å²) < 4.78 is 0. The molecule has 2 nitrogen and oxygen atoms in total. The van der Waals surface area contributed by atoms with E-state index in [9.17, 15) is 0 Å². The van der Waals surface area contributed by atoms with E-state index in [2.05, 4.69) is 20.9 Å². The summed E-state index contributed by atoms with van der Waals surface area (Å²) in [7, 11) is 0. The molecule has 2 N–H and O–H groups in total. The van der Waals surface area contributed by atoms with E-state index in [0.29, 0.717) is 5.17 Å². The average Bonchev–Trinajstić information content (AvgIpc) is 1.87. The highest BCUT2D eigenvalue weighted by Gasteiger charge is 2.10. The SMILES string of the molecule is NC1=NC(Br)CS1. The molecule has 1 unspecified atom stereocenters. The number of alkyl halides is 1. The molecular weight excluding hydrogens is 176 g/mol. The fraction of sp³-hybridized carbons (Fsp3) is 0.667. The normalized spacial score (nSPS) is 30.4. The number of aliphatic imine (C=N–C) groups is 1. The monoisotopic (exact) mass is 180 g/mol. The van der Waals surface area contributed by atoms with E-state index in [1.807, 2.05) is 0 Å². The lowest BCUT2D eigenvalue weighted by Crippen LogP contribution is -2.01. The van der Waals surface area contributed by atoms with E-state index < -0.39 is 0 Å². The second kappa shape index (κ2) is 2.05. The summed E-state index contributed by atoms with van der Waals surface area (Å²) in [6, 6.07) is 0. The van der Waals surface area contributed by atoms with Crippen LogP contribution in [0, 0.1) is 0 Å². The molecule has 1 aliphatic rings. The predicted octanol–water partition coefficient (Wildman–Crippen LogP) is 0.769. The number of rotatable bonds is 0. The van der Waals surface area contributed by atoms with Gasteiger partial charge in [0, 0.05) is 5.75 Å². The third kappa shape index (κ3) is 1.35. The zero-order chi connectivity index (χ0) is 5.28. The van der Waals surface area contributed by atoms with Crippen LogP contribution in [-0.2, 0) is 0 Å². The fourth-order valence-corrected chi connectivity index (χ4v) is 1.70. The van der Waals surface area contributed by atoms with Gasteiger partial charge in [-0.25, -0.2) is 4.99 Å². The number of hydrogen-bond donors (Lipinski definition) is 1. The van der Waals surface area contributed by atoms with Crippen LogP contribution >= 0.6 is 27.7 Å². The standard InChI is InChI=1S/C3H5BrN2S/c4-2-1-7-3(5)6-2/h2H,1H2,(H2,5,6). The summed E-state index contributed by atoms with van der Waals surface area (Å²) >= 11 is 4.88. The third-order valence-electron chi connectivity index (χ3n) is 0.636. The van der Waals surface area contributed by atoms with Crippen LogP contribution in [0.3, 0.4) is 0 Å². The lowest BCUT2D eigenvalue weighted by Gasteiger charge is -1.84. The minimum absolute atomic E-state index is 0.262. The highest BCUT2D eigenvalue weighted by molar-refractivity contribution is 9.09. The van der Waals surface area contributed by atoms with E-state index in [0.717, 1.165) is 5.75 Å². The first kappa shape index (κ1) is 5.44. The van der Waals surface area contributed by atoms with Crippen molar-refractivity contribution in [2.24, 2.45) is 10.7 Å². The third-order valence-corrected chi connectivity index (χ3v) is 2.48. The molecule has 40 valence electrons. The highest BCUT2D eigenvalue weighted by Crippen LogP contribution is 2.18. The van der Waals surface area contributed by atoms with Crippen LogP contribution in [-0.4, -0.2) is 15.9 Å². The molecule has 0 aromatic heterocycles. The smallest absolute Gasteiger partial charge is 0.155 e. The van der Waals surface area contributed by atoms with Crippen molar-refractivity contribution in [3.63, 3.8) is 0 Å². The molecule has 0 radical (unpaired) electrons. The van der Waals surface area contributed by atoms with Gasteiger partial charge < -0.3 is 5.73 Å². The van der Waals surface area contributed by atoms with E-state index >= 15 is 0 Å². The van der Waals surface area contributed by atoms with Gasteiger partial charge in [0.2, 0.25) is 0 Å². The van der Waals surface area contributed by atoms with Gasteiger partial charge in [0.05, 0.1) is 0 Å². The number of thioether (sulfide) groups is 1. The van der Waals surface area contributed by atoms with Crippen LogP contribution in [0.4, 0.5) is 0 Å². The summed E-state index contributed by atoms with van der Waals surface area (Å²) in [5.41, 5.74) is 5.31. The second-order valence-corrected chi connectivity index (χ2v) is 3.31. The summed E-state index contributed by atoms with van der Waals surface area (Å²) in [6.45, 7) is 0. The Kier molecular flexibility index (Phi) is 1.59. The van der Waals surface area contributed by atoms with Crippen molar-refractivity contribution in [2.75, 3.05) is 5.75 Å². The van der Waals surface area contributed by atoms with Gasteiger partial charge in [-0.3, -0.25) is 0 Å². The summed E-state index contributed by atoms with van der Waals surface area (Å²) in [5, 5.41) is 0.696. The van der Waals surface area contributed by atoms with Crippen molar-refractivity contribution >= 4 is 32.9 Å². The molecule has 1 heterocycles. The van der Waals surface area contributed by atoms with Gasteiger partial charge in [0.25, 0.3) is 0 Å². The van der Waals surface area contributed by atoms with Crippen molar-refractivity contribution in [2.45, 2.75) is 4.95 Å². The Balaban J connectivity index is 2.50. The number of hydrogen-bond acceptors (Lipinski definition) is 3. The molecule has 0 aromatic rings. The van der Waals surface area contributed by atoms with Gasteiger partial charge >= 0.3 is 0 Å². The lowest BCUT2D eigenvalue weighted by molar-refractivity contribution is 1.10. The summed E-state index contributed by atoms with van der Waals surface area (Å²) in [4.78, 5) is 4.22. The zero-order valence-corrected chi connectivity index (χ0v) is 6.00. The van der Waals surface area contributed by atoms with Gasteiger partial charge in [-0.2, -0.15) is 0 Å². The number of nitrogens with zero attached hydrogens (tertiary/aromatic N) is 1. The maximum absolute atomic E-state index is 5.31. The maximum atomic E-state index is 5.31. The van der Waals surface area contributed by atoms with Gasteiger partial charge in [0.1, 0.15) is 4.95 Å². The summed E-state index contributed by atoms with van der Waals surface area (Å²) in [6.07, 6.45) is 0. The van der Waals surface area contributed by atoms with Crippen molar-refractivity contribution in [3.8, 4) is 0 Å². The van der Waals surface area contributed by atoms with E-state index in [-0.39, 0.29) is 4.95 Å². The van der Waals surface area contributed by atoms with Gasteiger partial charge in [-0.15, -0.1) is 0 Å². The lowest BCUT2D eigenvalue weighted by atomic mass is 10.8. The molecule has 0 aliphatic carbocycles. The molecule has 1 aliphatic heterocycles. The molecule has 0 fully saturated rings. The first-order chi connectivity index (χ1) is 3.29. The Morgan fingerprint density at radius 1 is 2.00 bits per heavy atom. The molecule has 0 amide bonds. The molecule has 4 heteroatoms. The molecule has 0 bridgehead atoms. The Bertz CT molecular complexity index is 103. The fourth-order valence-electron chi connectivity index (χ4n) is 0.367. The number of halogens is 1.